The molecule has 0 amide bonds. The van der Waals surface area contributed by atoms with Crippen LogP contribution in [0.4, 0.5) is 34.1 Å². The number of nitrogens with zero attached hydrogens (tertiary/aromatic N) is 2. The van der Waals surface area contributed by atoms with Gasteiger partial charge in [0, 0.05) is 50.2 Å². The summed E-state index contributed by atoms with van der Waals surface area (Å²) in [6.07, 6.45) is 0. The zero-order chi connectivity index (χ0) is 42.9. The van der Waals surface area contributed by atoms with Gasteiger partial charge in [-0.1, -0.05) is 172 Å². The van der Waals surface area contributed by atoms with E-state index in [2.05, 4.69) is 224 Å². The summed E-state index contributed by atoms with van der Waals surface area (Å²) in [5.74, 6) is 0. The van der Waals surface area contributed by atoms with Gasteiger partial charge in [-0.15, -0.1) is 0 Å². The molecule has 0 bridgehead atoms. The number of rotatable bonds is 3. The Balaban J connectivity index is 1.20. The van der Waals surface area contributed by atoms with Crippen LogP contribution in [0.25, 0.3) is 43.8 Å². The third-order valence-electron chi connectivity index (χ3n) is 13.5. The third-order valence-corrected chi connectivity index (χ3v) is 13.5. The average Bonchev–Trinajstić information content (AvgIpc) is 3.64. The standard InChI is InChI=1S/C58H53BN2O/c1-56(2,3)38-27-31-49-47(32-38)59-46-30-26-39(57(4,5)6)33-50(46)60(41-28-24-37(25-29-41)43-20-15-21-45-44-19-12-13-23-53(44)62-55(43)45)51-34-40(58(7,8)9)35-52(54(51)59)61(49)48-22-14-17-36-16-10-11-18-42(36)48/h10-35H,1-9H3. The van der Waals surface area contributed by atoms with Crippen LogP contribution in [0, 0.1) is 0 Å². The van der Waals surface area contributed by atoms with Gasteiger partial charge in [-0.2, -0.15) is 0 Å². The van der Waals surface area contributed by atoms with Gasteiger partial charge in [-0.3, -0.25) is 0 Å². The molecule has 62 heavy (non-hydrogen) atoms. The Hall–Kier alpha value is -6.52. The second-order valence-corrected chi connectivity index (χ2v) is 20.7. The Labute approximate surface area is 366 Å². The maximum Gasteiger partial charge on any atom is 0.252 e. The van der Waals surface area contributed by atoms with Crippen molar-refractivity contribution in [3.8, 4) is 11.1 Å². The molecular formula is C58H53BN2O. The van der Waals surface area contributed by atoms with E-state index in [-0.39, 0.29) is 23.0 Å². The Morgan fingerprint density at radius 3 is 1.76 bits per heavy atom. The van der Waals surface area contributed by atoms with Crippen LogP contribution in [-0.4, -0.2) is 6.71 Å². The largest absolute Gasteiger partial charge is 0.455 e. The molecule has 3 nitrogen and oxygen atoms in total. The summed E-state index contributed by atoms with van der Waals surface area (Å²) in [5, 5.41) is 4.77. The topological polar surface area (TPSA) is 19.6 Å². The Morgan fingerprint density at radius 1 is 0.419 bits per heavy atom. The minimum Gasteiger partial charge on any atom is -0.455 e. The lowest BCUT2D eigenvalue weighted by Crippen LogP contribution is -2.61. The molecule has 2 aliphatic heterocycles. The van der Waals surface area contributed by atoms with E-state index in [1.807, 2.05) is 6.07 Å². The van der Waals surface area contributed by atoms with Crippen molar-refractivity contribution < 1.29 is 4.42 Å². The summed E-state index contributed by atoms with van der Waals surface area (Å²) in [7, 11) is 0. The molecule has 0 unspecified atom stereocenters. The summed E-state index contributed by atoms with van der Waals surface area (Å²) in [4.78, 5) is 5.15. The Morgan fingerprint density at radius 2 is 1.02 bits per heavy atom. The number of anilines is 6. The smallest absolute Gasteiger partial charge is 0.252 e. The van der Waals surface area contributed by atoms with Gasteiger partial charge in [0.25, 0.3) is 6.71 Å². The number of furan rings is 1. The summed E-state index contributed by atoms with van der Waals surface area (Å²) in [6, 6.07) is 59.2. The summed E-state index contributed by atoms with van der Waals surface area (Å²) >= 11 is 0. The van der Waals surface area contributed by atoms with Crippen molar-refractivity contribution in [2.45, 2.75) is 78.6 Å². The molecule has 11 rings (SSSR count). The van der Waals surface area contributed by atoms with Gasteiger partial charge in [0.1, 0.15) is 11.2 Å². The molecule has 0 atom stereocenters. The van der Waals surface area contributed by atoms with Crippen LogP contribution < -0.4 is 26.2 Å². The predicted molar refractivity (Wildman–Crippen MR) is 267 cm³/mol. The second kappa shape index (κ2) is 13.5. The van der Waals surface area contributed by atoms with Crippen LogP contribution in [0.1, 0.15) is 79.0 Å². The lowest BCUT2D eigenvalue weighted by atomic mass is 9.33. The Bertz CT molecular complexity index is 3260. The van der Waals surface area contributed by atoms with E-state index in [4.69, 9.17) is 4.42 Å². The average molecular weight is 805 g/mol. The number of para-hydroxylation sites is 2. The van der Waals surface area contributed by atoms with Crippen LogP contribution in [0.5, 0.6) is 0 Å². The molecular weight excluding hydrogens is 751 g/mol. The van der Waals surface area contributed by atoms with Crippen molar-refractivity contribution in [3.05, 3.63) is 174 Å². The lowest BCUT2D eigenvalue weighted by Gasteiger charge is -2.46. The highest BCUT2D eigenvalue weighted by molar-refractivity contribution is 7.00. The lowest BCUT2D eigenvalue weighted by molar-refractivity contribution is 0.589. The first-order valence-corrected chi connectivity index (χ1v) is 22.2. The zero-order valence-electron chi connectivity index (χ0n) is 37.4. The fraction of sp³-hybridized carbons (Fsp3) is 0.207. The van der Waals surface area contributed by atoms with Crippen LogP contribution in [-0.2, 0) is 16.2 Å². The summed E-state index contributed by atoms with van der Waals surface area (Å²) < 4.78 is 6.53. The summed E-state index contributed by atoms with van der Waals surface area (Å²) in [6.45, 7) is 21.0. The van der Waals surface area contributed by atoms with Crippen LogP contribution >= 0.6 is 0 Å². The third kappa shape index (κ3) is 5.94. The maximum atomic E-state index is 6.53. The number of fused-ring (bicyclic) bond motifs is 8. The highest BCUT2D eigenvalue weighted by Gasteiger charge is 2.45. The second-order valence-electron chi connectivity index (χ2n) is 20.7. The van der Waals surface area contributed by atoms with Crippen molar-refractivity contribution >= 4 is 89.9 Å². The molecule has 0 saturated carbocycles. The fourth-order valence-electron chi connectivity index (χ4n) is 10.1. The van der Waals surface area contributed by atoms with Gasteiger partial charge in [0.05, 0.1) is 5.69 Å². The monoisotopic (exact) mass is 804 g/mol. The van der Waals surface area contributed by atoms with Crippen molar-refractivity contribution in [2.75, 3.05) is 9.80 Å². The molecule has 0 spiro atoms. The molecule has 304 valence electrons. The molecule has 9 aromatic rings. The molecule has 1 aromatic heterocycles. The van der Waals surface area contributed by atoms with Crippen LogP contribution in [0.15, 0.2) is 162 Å². The van der Waals surface area contributed by atoms with E-state index < -0.39 is 0 Å². The molecule has 0 aliphatic carbocycles. The molecule has 0 N–H and O–H groups in total. The molecule has 2 aliphatic rings. The van der Waals surface area contributed by atoms with Gasteiger partial charge in [-0.05, 0) is 109 Å². The predicted octanol–water partition coefficient (Wildman–Crippen LogP) is 14.4. The first-order valence-electron chi connectivity index (χ1n) is 22.2. The van der Waals surface area contributed by atoms with Crippen LogP contribution in [0.2, 0.25) is 0 Å². The van der Waals surface area contributed by atoms with Gasteiger partial charge in [0.15, 0.2) is 0 Å². The van der Waals surface area contributed by atoms with Crippen molar-refractivity contribution in [1.29, 1.82) is 0 Å². The highest BCUT2D eigenvalue weighted by Crippen LogP contribution is 2.48. The molecule has 8 aromatic carbocycles. The first kappa shape index (κ1) is 38.4. The number of hydrogen-bond acceptors (Lipinski definition) is 3. The number of benzene rings is 8. The van der Waals surface area contributed by atoms with Crippen molar-refractivity contribution in [3.63, 3.8) is 0 Å². The fourth-order valence-corrected chi connectivity index (χ4v) is 10.1. The molecule has 0 saturated heterocycles. The Kier molecular flexibility index (Phi) is 8.36. The van der Waals surface area contributed by atoms with Gasteiger partial charge >= 0.3 is 0 Å². The van der Waals surface area contributed by atoms with Crippen molar-refractivity contribution in [1.82, 2.24) is 0 Å². The quantitative estimate of drug-likeness (QED) is 0.166. The molecule has 0 radical (unpaired) electrons. The van der Waals surface area contributed by atoms with E-state index in [0.717, 1.165) is 38.8 Å². The van der Waals surface area contributed by atoms with Gasteiger partial charge in [0.2, 0.25) is 0 Å². The maximum absolute atomic E-state index is 6.53. The minimum atomic E-state index is -0.115. The van der Waals surface area contributed by atoms with E-state index >= 15 is 0 Å². The SMILES string of the molecule is CC(C)(C)c1ccc2c(c1)B1c3ccc(C(C)(C)C)cc3N(c3ccc(-c4cccc5c4oc4ccccc45)cc3)c3cc(C(C)(C)C)cc(c31)N2c1cccc2ccccc12. The van der Waals surface area contributed by atoms with E-state index in [0.29, 0.717) is 0 Å². The molecule has 0 fully saturated rings. The zero-order valence-corrected chi connectivity index (χ0v) is 37.4. The van der Waals surface area contributed by atoms with Gasteiger partial charge < -0.3 is 14.2 Å². The first-order chi connectivity index (χ1) is 29.6. The number of hydrogen-bond donors (Lipinski definition) is 0. The molecule has 3 heterocycles. The van der Waals surface area contributed by atoms with Crippen LogP contribution in [0.3, 0.4) is 0 Å². The molecule has 4 heteroatoms. The van der Waals surface area contributed by atoms with Gasteiger partial charge in [-0.25, -0.2) is 0 Å². The van der Waals surface area contributed by atoms with E-state index in [1.165, 1.54) is 72.3 Å². The highest BCUT2D eigenvalue weighted by atomic mass is 16.3. The summed E-state index contributed by atoms with van der Waals surface area (Å²) in [5.41, 5.74) is 19.2. The normalized spacial score (nSPS) is 13.8. The van der Waals surface area contributed by atoms with E-state index in [1.54, 1.807) is 0 Å². The van der Waals surface area contributed by atoms with E-state index in [9.17, 15) is 0 Å². The van der Waals surface area contributed by atoms with Crippen molar-refractivity contribution in [2.24, 2.45) is 0 Å². The minimum absolute atomic E-state index is 0.0213.